The molecule has 1 N–H and O–H groups in total. The minimum Gasteiger partial charge on any atom is -0.491 e. The average molecular weight is 436 g/mol. The molecule has 2 amide bonds. The molecule has 0 radical (unpaired) electrons. The van der Waals surface area contributed by atoms with Crippen LogP contribution in [0.1, 0.15) is 37.6 Å². The molecule has 1 heterocycles. The molecule has 1 aromatic carbocycles. The zero-order valence-electron chi connectivity index (χ0n) is 19.6. The van der Waals surface area contributed by atoms with Crippen LogP contribution in [0, 0.1) is 5.92 Å². The Bertz CT molecular complexity index is 742. The summed E-state index contributed by atoms with van der Waals surface area (Å²) in [7, 11) is 4.94. The number of likely N-dealkylation sites (N-methyl/N-ethyl adjacent to an activating group) is 1. The third-order valence-corrected chi connectivity index (χ3v) is 5.65. The molecule has 0 spiro atoms. The van der Waals surface area contributed by atoms with Crippen molar-refractivity contribution in [2.45, 2.75) is 39.3 Å². The highest BCUT2D eigenvalue weighted by molar-refractivity contribution is 5.98. The van der Waals surface area contributed by atoms with Crippen LogP contribution in [0.5, 0.6) is 5.75 Å². The average Bonchev–Trinajstić information content (AvgIpc) is 2.74. The third kappa shape index (κ3) is 6.92. The van der Waals surface area contributed by atoms with Crippen molar-refractivity contribution in [1.82, 2.24) is 9.80 Å². The van der Waals surface area contributed by atoms with E-state index in [0.717, 1.165) is 19.5 Å². The normalized spacial score (nSPS) is 23.4. The Hall–Kier alpha value is -2.16. The maximum Gasteiger partial charge on any atom is 0.257 e. The molecule has 2 rings (SSSR count). The zero-order valence-corrected chi connectivity index (χ0v) is 19.6. The summed E-state index contributed by atoms with van der Waals surface area (Å²) in [6.45, 7) is 9.16. The summed E-state index contributed by atoms with van der Waals surface area (Å²) >= 11 is 0. The van der Waals surface area contributed by atoms with E-state index in [2.05, 4.69) is 31.0 Å². The lowest BCUT2D eigenvalue weighted by Gasteiger charge is -2.35. The number of fused-ring (bicyclic) bond motifs is 1. The highest BCUT2D eigenvalue weighted by atomic mass is 16.5. The Balaban J connectivity index is 2.38. The van der Waals surface area contributed by atoms with Gasteiger partial charge in [-0.15, -0.1) is 0 Å². The van der Waals surface area contributed by atoms with Gasteiger partial charge in [0.15, 0.2) is 0 Å². The fraction of sp³-hybridized carbons (Fsp3) is 0.652. The Morgan fingerprint density at radius 3 is 2.65 bits per heavy atom. The Kier molecular flexibility index (Phi) is 9.74. The van der Waals surface area contributed by atoms with Gasteiger partial charge >= 0.3 is 0 Å². The van der Waals surface area contributed by atoms with Gasteiger partial charge in [0.25, 0.3) is 5.91 Å². The second-order valence-corrected chi connectivity index (χ2v) is 8.28. The van der Waals surface area contributed by atoms with Crippen molar-refractivity contribution in [2.75, 3.05) is 59.4 Å². The number of rotatable bonds is 6. The summed E-state index contributed by atoms with van der Waals surface area (Å²) in [5, 5.41) is 2.77. The summed E-state index contributed by atoms with van der Waals surface area (Å²) in [5.41, 5.74) is 1.02. The van der Waals surface area contributed by atoms with E-state index in [1.54, 1.807) is 37.3 Å². The van der Waals surface area contributed by atoms with E-state index >= 15 is 0 Å². The predicted molar refractivity (Wildman–Crippen MR) is 121 cm³/mol. The number of nitrogens with zero attached hydrogens (tertiary/aromatic N) is 2. The number of amides is 2. The third-order valence-electron chi connectivity index (χ3n) is 5.65. The number of carbonyl (C=O) groups excluding carboxylic acids is 2. The largest absolute Gasteiger partial charge is 0.491 e. The van der Waals surface area contributed by atoms with Gasteiger partial charge in [0.1, 0.15) is 19.0 Å². The molecule has 8 heteroatoms. The molecule has 0 saturated carbocycles. The smallest absolute Gasteiger partial charge is 0.257 e. The van der Waals surface area contributed by atoms with Gasteiger partial charge in [0, 0.05) is 52.2 Å². The van der Waals surface area contributed by atoms with Crippen molar-refractivity contribution in [2.24, 2.45) is 5.92 Å². The van der Waals surface area contributed by atoms with E-state index in [-0.39, 0.29) is 36.5 Å². The number of carbonyl (C=O) groups is 2. The van der Waals surface area contributed by atoms with Gasteiger partial charge in [-0.1, -0.05) is 13.8 Å². The number of hydrogen-bond donors (Lipinski definition) is 1. The first-order valence-corrected chi connectivity index (χ1v) is 10.9. The quantitative estimate of drug-likeness (QED) is 0.740. The molecular formula is C23H37N3O5. The van der Waals surface area contributed by atoms with E-state index in [4.69, 9.17) is 14.2 Å². The molecule has 1 aliphatic heterocycles. The van der Waals surface area contributed by atoms with Crippen molar-refractivity contribution >= 4 is 17.5 Å². The molecule has 3 atom stereocenters. The summed E-state index contributed by atoms with van der Waals surface area (Å²) in [5.74, 6) is 0.306. The van der Waals surface area contributed by atoms with Gasteiger partial charge in [0.2, 0.25) is 5.91 Å². The summed E-state index contributed by atoms with van der Waals surface area (Å²) in [6, 6.07) is 5.26. The monoisotopic (exact) mass is 435 g/mol. The number of anilines is 1. The van der Waals surface area contributed by atoms with Crippen LogP contribution in [0.4, 0.5) is 5.69 Å². The number of methoxy groups -OCH3 is 2. The van der Waals surface area contributed by atoms with E-state index in [9.17, 15) is 9.59 Å². The van der Waals surface area contributed by atoms with Crippen LogP contribution in [0.25, 0.3) is 0 Å². The van der Waals surface area contributed by atoms with Crippen molar-refractivity contribution in [3.63, 3.8) is 0 Å². The molecule has 174 valence electrons. The molecule has 1 aliphatic rings. The second-order valence-electron chi connectivity index (χ2n) is 8.28. The number of ether oxygens (including phenoxy) is 3. The topological polar surface area (TPSA) is 80.3 Å². The summed E-state index contributed by atoms with van der Waals surface area (Å²) < 4.78 is 16.8. The van der Waals surface area contributed by atoms with Gasteiger partial charge < -0.3 is 24.4 Å². The molecule has 0 aromatic heterocycles. The Morgan fingerprint density at radius 1 is 1.26 bits per heavy atom. The molecule has 8 nitrogen and oxygen atoms in total. The van der Waals surface area contributed by atoms with Crippen LogP contribution < -0.4 is 10.1 Å². The van der Waals surface area contributed by atoms with E-state index in [0.29, 0.717) is 30.2 Å². The SMILES string of the molecule is CCCN1C[C@@H](C)[C@H](OC)CN(C)C(=O)c2ccc(NC(=O)COC)cc2OC[C@@H]1C. The molecule has 0 unspecified atom stereocenters. The van der Waals surface area contributed by atoms with Crippen LogP contribution in [0.15, 0.2) is 18.2 Å². The summed E-state index contributed by atoms with van der Waals surface area (Å²) in [6.07, 6.45) is 0.969. The standard InChI is InChI=1S/C23H37N3O5/c1-7-10-26-12-16(2)21(30-6)13-25(4)23(28)19-9-8-18(24-22(27)15-29-5)11-20(19)31-14-17(26)3/h8-9,11,16-17,21H,7,10,12-15H2,1-6H3,(H,24,27)/t16-,17+,21-/m1/s1. The Labute approximate surface area is 185 Å². The van der Waals surface area contributed by atoms with Crippen LogP contribution >= 0.6 is 0 Å². The van der Waals surface area contributed by atoms with Crippen LogP contribution in [0.3, 0.4) is 0 Å². The Morgan fingerprint density at radius 2 is 2.00 bits per heavy atom. The lowest BCUT2D eigenvalue weighted by molar-refractivity contribution is -0.119. The second kappa shape index (κ2) is 12.0. The summed E-state index contributed by atoms with van der Waals surface area (Å²) in [4.78, 5) is 29.2. The van der Waals surface area contributed by atoms with Gasteiger partial charge in [0.05, 0.1) is 11.7 Å². The lowest BCUT2D eigenvalue weighted by atomic mass is 10.0. The minimum atomic E-state index is -0.265. The maximum absolute atomic E-state index is 13.2. The first kappa shape index (κ1) is 25.1. The first-order valence-electron chi connectivity index (χ1n) is 10.9. The molecule has 0 bridgehead atoms. The highest BCUT2D eigenvalue weighted by Gasteiger charge is 2.28. The predicted octanol–water partition coefficient (Wildman–Crippen LogP) is 2.49. The molecule has 31 heavy (non-hydrogen) atoms. The number of nitrogens with one attached hydrogen (secondary N) is 1. The molecular weight excluding hydrogens is 398 g/mol. The molecule has 0 aliphatic carbocycles. The fourth-order valence-electron chi connectivity index (χ4n) is 3.85. The lowest BCUT2D eigenvalue weighted by Crippen LogP contribution is -2.46. The minimum absolute atomic E-state index is 0.0424. The van der Waals surface area contributed by atoms with Gasteiger partial charge in [-0.05, 0) is 37.9 Å². The van der Waals surface area contributed by atoms with Crippen molar-refractivity contribution in [3.8, 4) is 5.75 Å². The first-order chi connectivity index (χ1) is 14.8. The van der Waals surface area contributed by atoms with Crippen molar-refractivity contribution < 1.29 is 23.8 Å². The zero-order chi connectivity index (χ0) is 23.0. The molecule has 0 saturated heterocycles. The van der Waals surface area contributed by atoms with Crippen molar-refractivity contribution in [1.29, 1.82) is 0 Å². The fourth-order valence-corrected chi connectivity index (χ4v) is 3.85. The number of hydrogen-bond acceptors (Lipinski definition) is 6. The van der Waals surface area contributed by atoms with E-state index in [1.807, 2.05) is 0 Å². The van der Waals surface area contributed by atoms with Gasteiger partial charge in [-0.25, -0.2) is 0 Å². The maximum atomic E-state index is 13.2. The van der Waals surface area contributed by atoms with Crippen molar-refractivity contribution in [3.05, 3.63) is 23.8 Å². The van der Waals surface area contributed by atoms with Crippen LogP contribution in [-0.2, 0) is 14.3 Å². The molecule has 0 fully saturated rings. The van der Waals surface area contributed by atoms with Gasteiger partial charge in [-0.3, -0.25) is 14.5 Å². The van der Waals surface area contributed by atoms with E-state index < -0.39 is 0 Å². The highest BCUT2D eigenvalue weighted by Crippen LogP contribution is 2.27. The number of benzene rings is 1. The molecule has 1 aromatic rings. The van der Waals surface area contributed by atoms with Gasteiger partial charge in [-0.2, -0.15) is 0 Å². The van der Waals surface area contributed by atoms with E-state index in [1.165, 1.54) is 7.11 Å². The van der Waals surface area contributed by atoms with Crippen LogP contribution in [-0.4, -0.2) is 87.9 Å². The van der Waals surface area contributed by atoms with Crippen LogP contribution in [0.2, 0.25) is 0 Å².